The molecule has 0 aromatic carbocycles. The van der Waals surface area contributed by atoms with Gasteiger partial charge in [0.2, 0.25) is 0 Å². The van der Waals surface area contributed by atoms with Crippen molar-refractivity contribution < 1.29 is 0 Å². The van der Waals surface area contributed by atoms with E-state index in [9.17, 15) is 0 Å². The topological polar surface area (TPSA) is 28.2 Å². The van der Waals surface area contributed by atoms with Gasteiger partial charge < -0.3 is 10.2 Å². The first-order valence-corrected chi connectivity index (χ1v) is 5.04. The molecule has 0 bridgehead atoms. The predicted molar refractivity (Wildman–Crippen MR) is 59.1 cm³/mol. The molecule has 3 nitrogen and oxygen atoms in total. The van der Waals surface area contributed by atoms with E-state index in [0.717, 1.165) is 25.3 Å². The first-order chi connectivity index (χ1) is 6.79. The minimum atomic E-state index is 0.869. The Kier molecular flexibility index (Phi) is 5.19. The van der Waals surface area contributed by atoms with E-state index in [1.54, 1.807) is 0 Å². The number of pyridine rings is 1. The lowest BCUT2D eigenvalue weighted by Crippen LogP contribution is -2.21. The van der Waals surface area contributed by atoms with Crippen LogP contribution in [0.5, 0.6) is 0 Å². The van der Waals surface area contributed by atoms with Crippen LogP contribution in [-0.4, -0.2) is 37.1 Å². The van der Waals surface area contributed by atoms with Crippen molar-refractivity contribution in [3.63, 3.8) is 0 Å². The third-order valence-electron chi connectivity index (χ3n) is 1.99. The van der Waals surface area contributed by atoms with E-state index >= 15 is 0 Å². The number of hydrogen-bond donors (Lipinski definition) is 1. The van der Waals surface area contributed by atoms with Crippen LogP contribution in [0.3, 0.4) is 0 Å². The molecule has 0 fully saturated rings. The Bertz CT molecular complexity index is 234. The van der Waals surface area contributed by atoms with Crippen molar-refractivity contribution in [3.8, 4) is 0 Å². The number of nitrogens with one attached hydrogen (secondary N) is 1. The van der Waals surface area contributed by atoms with Gasteiger partial charge in [-0.2, -0.15) is 0 Å². The summed E-state index contributed by atoms with van der Waals surface area (Å²) in [7, 11) is 4.19. The fourth-order valence-corrected chi connectivity index (χ4v) is 1.24. The third kappa shape index (κ3) is 4.94. The molecule has 3 heteroatoms. The highest BCUT2D eigenvalue weighted by Gasteiger charge is 1.92. The second-order valence-electron chi connectivity index (χ2n) is 3.65. The highest BCUT2D eigenvalue weighted by molar-refractivity contribution is 5.02. The number of rotatable bonds is 6. The molecule has 0 atom stereocenters. The Morgan fingerprint density at radius 2 is 2.21 bits per heavy atom. The van der Waals surface area contributed by atoms with Crippen LogP contribution in [0.1, 0.15) is 12.1 Å². The summed E-state index contributed by atoms with van der Waals surface area (Å²) in [6.45, 7) is 3.05. The van der Waals surface area contributed by atoms with E-state index in [0.29, 0.717) is 0 Å². The summed E-state index contributed by atoms with van der Waals surface area (Å²) in [5, 5.41) is 3.37. The van der Waals surface area contributed by atoms with Gasteiger partial charge >= 0.3 is 0 Å². The molecule has 1 aromatic rings. The summed E-state index contributed by atoms with van der Waals surface area (Å²) in [4.78, 5) is 6.44. The molecule has 78 valence electrons. The van der Waals surface area contributed by atoms with Gasteiger partial charge in [0.1, 0.15) is 0 Å². The zero-order valence-corrected chi connectivity index (χ0v) is 9.03. The Hall–Kier alpha value is -0.930. The van der Waals surface area contributed by atoms with Crippen molar-refractivity contribution in [2.45, 2.75) is 13.0 Å². The summed E-state index contributed by atoms with van der Waals surface area (Å²) in [6, 6.07) is 6.00. The van der Waals surface area contributed by atoms with Gasteiger partial charge in [-0.1, -0.05) is 6.07 Å². The second-order valence-corrected chi connectivity index (χ2v) is 3.65. The SMILES string of the molecule is CN(C)CCCNCc1ccccn1. The molecule has 0 aliphatic carbocycles. The van der Waals surface area contributed by atoms with Gasteiger partial charge in [0.25, 0.3) is 0 Å². The second kappa shape index (κ2) is 6.51. The van der Waals surface area contributed by atoms with Gasteiger partial charge in [-0.15, -0.1) is 0 Å². The predicted octanol–water partition coefficient (Wildman–Crippen LogP) is 1.12. The first kappa shape index (κ1) is 11.1. The average Bonchev–Trinajstić information content (AvgIpc) is 2.18. The Morgan fingerprint density at radius 3 is 2.86 bits per heavy atom. The third-order valence-corrected chi connectivity index (χ3v) is 1.99. The van der Waals surface area contributed by atoms with Crippen LogP contribution in [0.4, 0.5) is 0 Å². The monoisotopic (exact) mass is 193 g/mol. The van der Waals surface area contributed by atoms with Crippen molar-refractivity contribution in [2.24, 2.45) is 0 Å². The first-order valence-electron chi connectivity index (χ1n) is 5.04. The number of nitrogens with zero attached hydrogens (tertiary/aromatic N) is 2. The minimum absolute atomic E-state index is 0.869. The molecular formula is C11H19N3. The molecule has 1 N–H and O–H groups in total. The van der Waals surface area contributed by atoms with Gasteiger partial charge in [0.05, 0.1) is 5.69 Å². The highest BCUT2D eigenvalue weighted by Crippen LogP contribution is 1.91. The van der Waals surface area contributed by atoms with Gasteiger partial charge in [0, 0.05) is 12.7 Å². The fraction of sp³-hybridized carbons (Fsp3) is 0.545. The van der Waals surface area contributed by atoms with Crippen molar-refractivity contribution in [1.29, 1.82) is 0 Å². The van der Waals surface area contributed by atoms with Gasteiger partial charge in [-0.25, -0.2) is 0 Å². The quantitative estimate of drug-likeness (QED) is 0.686. The molecule has 0 saturated carbocycles. The van der Waals surface area contributed by atoms with Crippen LogP contribution in [0, 0.1) is 0 Å². The highest BCUT2D eigenvalue weighted by atomic mass is 15.1. The summed E-state index contributed by atoms with van der Waals surface area (Å²) in [5.41, 5.74) is 1.11. The Labute approximate surface area is 86.2 Å². The molecule has 0 unspecified atom stereocenters. The number of hydrogen-bond acceptors (Lipinski definition) is 3. The van der Waals surface area contributed by atoms with E-state index in [2.05, 4.69) is 29.3 Å². The maximum absolute atomic E-state index is 4.24. The molecule has 0 saturated heterocycles. The lowest BCUT2D eigenvalue weighted by molar-refractivity contribution is 0.394. The standard InChI is InChI=1S/C11H19N3/c1-14(2)9-5-7-12-10-11-6-3-4-8-13-11/h3-4,6,8,12H,5,7,9-10H2,1-2H3. The molecule has 0 radical (unpaired) electrons. The zero-order valence-electron chi connectivity index (χ0n) is 9.03. The summed E-state index contributed by atoms with van der Waals surface area (Å²) < 4.78 is 0. The van der Waals surface area contributed by atoms with E-state index in [1.165, 1.54) is 6.42 Å². The van der Waals surface area contributed by atoms with Gasteiger partial charge in [-0.05, 0) is 45.7 Å². The smallest absolute Gasteiger partial charge is 0.0541 e. The summed E-state index contributed by atoms with van der Waals surface area (Å²) >= 11 is 0. The normalized spacial score (nSPS) is 10.8. The minimum Gasteiger partial charge on any atom is -0.311 e. The van der Waals surface area contributed by atoms with E-state index in [1.807, 2.05) is 24.4 Å². The molecule has 0 amide bonds. The van der Waals surface area contributed by atoms with Crippen LogP contribution < -0.4 is 5.32 Å². The molecule has 1 rings (SSSR count). The van der Waals surface area contributed by atoms with Crippen molar-refractivity contribution in [2.75, 3.05) is 27.2 Å². The molecular weight excluding hydrogens is 174 g/mol. The van der Waals surface area contributed by atoms with E-state index in [4.69, 9.17) is 0 Å². The van der Waals surface area contributed by atoms with Crippen molar-refractivity contribution in [1.82, 2.24) is 15.2 Å². The van der Waals surface area contributed by atoms with E-state index in [-0.39, 0.29) is 0 Å². The van der Waals surface area contributed by atoms with Gasteiger partial charge in [0.15, 0.2) is 0 Å². The van der Waals surface area contributed by atoms with Crippen molar-refractivity contribution in [3.05, 3.63) is 30.1 Å². The van der Waals surface area contributed by atoms with Crippen LogP contribution in [0.25, 0.3) is 0 Å². The van der Waals surface area contributed by atoms with Crippen LogP contribution in [-0.2, 0) is 6.54 Å². The molecule has 0 spiro atoms. The van der Waals surface area contributed by atoms with Crippen LogP contribution >= 0.6 is 0 Å². The summed E-state index contributed by atoms with van der Waals surface area (Å²) in [5.74, 6) is 0. The lowest BCUT2D eigenvalue weighted by atomic mass is 10.3. The lowest BCUT2D eigenvalue weighted by Gasteiger charge is -2.09. The molecule has 1 heterocycles. The Balaban J connectivity index is 2.05. The van der Waals surface area contributed by atoms with Crippen molar-refractivity contribution >= 4 is 0 Å². The summed E-state index contributed by atoms with van der Waals surface area (Å²) in [6.07, 6.45) is 3.01. The van der Waals surface area contributed by atoms with Crippen LogP contribution in [0.2, 0.25) is 0 Å². The molecule has 0 aliphatic rings. The zero-order chi connectivity index (χ0) is 10.2. The van der Waals surface area contributed by atoms with E-state index < -0.39 is 0 Å². The average molecular weight is 193 g/mol. The molecule has 0 aliphatic heterocycles. The van der Waals surface area contributed by atoms with Crippen LogP contribution in [0.15, 0.2) is 24.4 Å². The molecule has 1 aromatic heterocycles. The largest absolute Gasteiger partial charge is 0.311 e. The maximum Gasteiger partial charge on any atom is 0.0541 e. The molecule has 14 heavy (non-hydrogen) atoms. The number of aromatic nitrogens is 1. The van der Waals surface area contributed by atoms with Gasteiger partial charge in [-0.3, -0.25) is 4.98 Å². The fourth-order valence-electron chi connectivity index (χ4n) is 1.24. The maximum atomic E-state index is 4.24. The Morgan fingerprint density at radius 1 is 1.36 bits per heavy atom.